The van der Waals surface area contributed by atoms with Crippen molar-refractivity contribution in [2.75, 3.05) is 0 Å². The number of fused-ring (bicyclic) bond motifs is 3. The molecule has 0 N–H and O–H groups in total. The quantitative estimate of drug-likeness (QED) is 0.484. The van der Waals surface area contributed by atoms with Crippen molar-refractivity contribution in [1.82, 2.24) is 0 Å². The number of aromatic nitrogens is 1. The van der Waals surface area contributed by atoms with E-state index in [9.17, 15) is 0 Å². The fourth-order valence-corrected chi connectivity index (χ4v) is 5.70. The number of aryl methyl sites for hydroxylation is 2. The van der Waals surface area contributed by atoms with Crippen LogP contribution in [0, 0.1) is 32.6 Å². The molecule has 3 atom stereocenters. The molecule has 1 nitrogen and oxygen atoms in total. The summed E-state index contributed by atoms with van der Waals surface area (Å²) in [7, 11) is 2.10. The third-order valence-corrected chi connectivity index (χ3v) is 7.27. The number of pyridine rings is 1. The Labute approximate surface area is 164 Å². The lowest BCUT2D eigenvalue weighted by Crippen LogP contribution is -2.35. The highest BCUT2D eigenvalue weighted by molar-refractivity contribution is 5.94. The van der Waals surface area contributed by atoms with Gasteiger partial charge in [0, 0.05) is 18.5 Å². The molecule has 2 aliphatic rings. The van der Waals surface area contributed by atoms with E-state index in [1.54, 1.807) is 0 Å². The number of benzene rings is 2. The molecule has 0 saturated heterocycles. The number of rotatable bonds is 2. The van der Waals surface area contributed by atoms with Gasteiger partial charge in [0.1, 0.15) is 7.05 Å². The molecular weight excluding hydrogens is 326 g/mol. The summed E-state index contributed by atoms with van der Waals surface area (Å²) in [4.78, 5) is 0. The fraction of sp³-hybridized carbons (Fsp3) is 0.423. The van der Waals surface area contributed by atoms with E-state index in [4.69, 9.17) is 1.37 Å². The Morgan fingerprint density at radius 3 is 2.59 bits per heavy atom. The minimum absolute atomic E-state index is 0.677. The zero-order valence-electron chi connectivity index (χ0n) is 18.0. The van der Waals surface area contributed by atoms with Gasteiger partial charge in [-0.15, -0.1) is 0 Å². The number of hydrogen-bond acceptors (Lipinski definition) is 0. The summed E-state index contributed by atoms with van der Waals surface area (Å²) in [6, 6.07) is 14.4. The lowest BCUT2D eigenvalue weighted by atomic mass is 9.82. The van der Waals surface area contributed by atoms with E-state index in [1.165, 1.54) is 59.0 Å². The van der Waals surface area contributed by atoms with Crippen LogP contribution in [0.2, 0.25) is 0 Å². The molecule has 138 valence electrons. The van der Waals surface area contributed by atoms with Gasteiger partial charge in [0.15, 0.2) is 5.69 Å². The molecule has 0 amide bonds. The molecule has 2 fully saturated rings. The van der Waals surface area contributed by atoms with E-state index in [0.717, 1.165) is 22.9 Å². The van der Waals surface area contributed by atoms with E-state index < -0.39 is 0 Å². The zero-order valence-corrected chi connectivity index (χ0v) is 17.0. The maximum atomic E-state index is 8.83. The fourth-order valence-electron chi connectivity index (χ4n) is 5.70. The molecule has 1 heteroatoms. The second-order valence-corrected chi connectivity index (χ2v) is 9.02. The molecule has 5 rings (SSSR count). The monoisotopic (exact) mass is 357 g/mol. The van der Waals surface area contributed by atoms with Crippen molar-refractivity contribution in [1.29, 1.82) is 0 Å². The van der Waals surface area contributed by atoms with Crippen LogP contribution in [-0.2, 0) is 7.05 Å². The highest BCUT2D eigenvalue weighted by Crippen LogP contribution is 2.53. The Bertz CT molecular complexity index is 1100. The normalized spacial score (nSPS) is 24.6. The molecule has 3 aromatic rings. The molecule has 0 aliphatic heterocycles. The predicted octanol–water partition coefficient (Wildman–Crippen LogP) is 6.16. The molecule has 3 unspecified atom stereocenters. The standard InChI is InChI=1S/C26H30N/c1-16-5-6-17(2)24(11-16)26-23-10-9-21(15-22(23)12-18(3)27(26)4)25-14-19-7-8-20(25)13-19/h5-6,9-12,15,19-20,25H,7-8,13-14H2,1-4H3/q+1/i12D. The predicted molar refractivity (Wildman–Crippen MR) is 113 cm³/mol. The Balaban J connectivity index is 1.74. The van der Waals surface area contributed by atoms with E-state index in [-0.39, 0.29) is 0 Å². The van der Waals surface area contributed by atoms with E-state index in [0.29, 0.717) is 12.0 Å². The van der Waals surface area contributed by atoms with Gasteiger partial charge in [0.05, 0.1) is 6.76 Å². The van der Waals surface area contributed by atoms with Crippen molar-refractivity contribution in [2.45, 2.75) is 52.4 Å². The first-order chi connectivity index (χ1) is 13.4. The molecular formula is C26H30N+. The van der Waals surface area contributed by atoms with Crippen LogP contribution in [-0.4, -0.2) is 0 Å². The van der Waals surface area contributed by atoms with Crippen LogP contribution in [0.25, 0.3) is 22.0 Å². The Morgan fingerprint density at radius 1 is 1.00 bits per heavy atom. The lowest BCUT2D eigenvalue weighted by Gasteiger charge is -2.22. The first kappa shape index (κ1) is 15.9. The van der Waals surface area contributed by atoms with E-state index in [2.05, 4.69) is 68.8 Å². The molecule has 27 heavy (non-hydrogen) atoms. The first-order valence-corrected chi connectivity index (χ1v) is 10.4. The second kappa shape index (κ2) is 6.19. The average Bonchev–Trinajstić information content (AvgIpc) is 3.32. The van der Waals surface area contributed by atoms with Gasteiger partial charge in [0.25, 0.3) is 0 Å². The molecule has 0 radical (unpaired) electrons. The van der Waals surface area contributed by atoms with Gasteiger partial charge in [0.2, 0.25) is 5.69 Å². The lowest BCUT2D eigenvalue weighted by molar-refractivity contribution is -0.665. The van der Waals surface area contributed by atoms with Crippen molar-refractivity contribution < 1.29 is 5.94 Å². The number of nitrogens with zero attached hydrogens (tertiary/aromatic N) is 1. The van der Waals surface area contributed by atoms with Crippen LogP contribution >= 0.6 is 0 Å². The smallest absolute Gasteiger partial charge is 0.198 e. The Morgan fingerprint density at radius 2 is 1.85 bits per heavy atom. The van der Waals surface area contributed by atoms with Crippen LogP contribution in [0.15, 0.2) is 42.4 Å². The molecule has 1 aromatic heterocycles. The molecule has 2 bridgehead atoms. The van der Waals surface area contributed by atoms with Gasteiger partial charge in [-0.05, 0) is 79.5 Å². The van der Waals surface area contributed by atoms with Crippen LogP contribution < -0.4 is 4.57 Å². The summed E-state index contributed by atoms with van der Waals surface area (Å²) in [5.74, 6) is 2.53. The van der Waals surface area contributed by atoms with Gasteiger partial charge in [-0.2, -0.15) is 4.57 Å². The topological polar surface area (TPSA) is 3.88 Å². The van der Waals surface area contributed by atoms with Gasteiger partial charge >= 0.3 is 0 Å². The molecule has 2 aliphatic carbocycles. The van der Waals surface area contributed by atoms with Crippen molar-refractivity contribution >= 4 is 10.8 Å². The summed E-state index contributed by atoms with van der Waals surface area (Å²) in [6.45, 7) is 6.43. The van der Waals surface area contributed by atoms with Crippen LogP contribution in [0.4, 0.5) is 0 Å². The van der Waals surface area contributed by atoms with Gasteiger partial charge < -0.3 is 0 Å². The van der Waals surface area contributed by atoms with Crippen molar-refractivity contribution in [2.24, 2.45) is 18.9 Å². The second-order valence-electron chi connectivity index (χ2n) is 9.02. The zero-order chi connectivity index (χ0) is 19.6. The summed E-state index contributed by atoms with van der Waals surface area (Å²) in [5.41, 5.74) is 7.59. The van der Waals surface area contributed by atoms with Gasteiger partial charge in [-0.1, -0.05) is 36.2 Å². The van der Waals surface area contributed by atoms with Crippen LogP contribution in [0.3, 0.4) is 0 Å². The average molecular weight is 358 g/mol. The highest BCUT2D eigenvalue weighted by atomic mass is 14.9. The SMILES string of the molecule is [2H]c1c(C)[n+](C)c(-c2cc(C)ccc2C)c2ccc(C3CC4CCC3C4)cc12. The summed E-state index contributed by atoms with van der Waals surface area (Å²) >= 11 is 0. The van der Waals surface area contributed by atoms with Gasteiger partial charge in [-0.3, -0.25) is 0 Å². The van der Waals surface area contributed by atoms with Crippen LogP contribution in [0.1, 0.15) is 55.4 Å². The summed E-state index contributed by atoms with van der Waals surface area (Å²) in [6.07, 6.45) is 5.61. The summed E-state index contributed by atoms with van der Waals surface area (Å²) in [5, 5.41) is 2.32. The van der Waals surface area contributed by atoms with Crippen LogP contribution in [0.5, 0.6) is 0 Å². The van der Waals surface area contributed by atoms with Crippen molar-refractivity contribution in [3.05, 3.63) is 64.8 Å². The number of hydrogen-bond donors (Lipinski definition) is 0. The Kier molecular flexibility index (Phi) is 3.64. The van der Waals surface area contributed by atoms with Crippen molar-refractivity contribution in [3.63, 3.8) is 0 Å². The largest absolute Gasteiger partial charge is 0.220 e. The minimum atomic E-state index is 0.677. The molecule has 0 spiro atoms. The Hall–Kier alpha value is -2.15. The van der Waals surface area contributed by atoms with Crippen molar-refractivity contribution in [3.8, 4) is 11.3 Å². The van der Waals surface area contributed by atoms with Gasteiger partial charge in [-0.25, -0.2) is 0 Å². The molecule has 1 heterocycles. The highest BCUT2D eigenvalue weighted by Gasteiger charge is 2.40. The maximum absolute atomic E-state index is 8.83. The molecule has 2 aromatic carbocycles. The minimum Gasteiger partial charge on any atom is -0.198 e. The third-order valence-electron chi connectivity index (χ3n) is 7.27. The van der Waals surface area contributed by atoms with E-state index in [1.807, 2.05) is 0 Å². The first-order valence-electron chi connectivity index (χ1n) is 10.9. The summed E-state index contributed by atoms with van der Waals surface area (Å²) < 4.78 is 11.0. The third kappa shape index (κ3) is 2.71. The maximum Gasteiger partial charge on any atom is 0.220 e. The van der Waals surface area contributed by atoms with E-state index >= 15 is 0 Å². The molecule has 2 saturated carbocycles.